The predicted octanol–water partition coefficient (Wildman–Crippen LogP) is 2.91. The van der Waals surface area contributed by atoms with Crippen molar-refractivity contribution in [2.24, 2.45) is 5.10 Å². The van der Waals surface area contributed by atoms with Gasteiger partial charge in [-0.05, 0) is 73.0 Å². The minimum atomic E-state index is -0.904. The van der Waals surface area contributed by atoms with Crippen molar-refractivity contribution in [1.29, 1.82) is 0 Å². The zero-order valence-electron chi connectivity index (χ0n) is 19.9. The van der Waals surface area contributed by atoms with E-state index >= 15 is 0 Å². The number of hydrazone groups is 1. The fourth-order valence-corrected chi connectivity index (χ4v) is 3.05. The Balaban J connectivity index is 1.36. The van der Waals surface area contributed by atoms with Crippen molar-refractivity contribution in [3.05, 3.63) is 90.0 Å². The molecule has 3 rings (SSSR count). The molecule has 9 nitrogen and oxygen atoms in total. The van der Waals surface area contributed by atoms with Gasteiger partial charge in [0.1, 0.15) is 11.5 Å². The fraction of sp³-hybridized carbons (Fsp3) is 0.185. The van der Waals surface area contributed by atoms with E-state index in [9.17, 15) is 14.4 Å². The van der Waals surface area contributed by atoms with Gasteiger partial charge in [-0.25, -0.2) is 5.43 Å². The summed E-state index contributed by atoms with van der Waals surface area (Å²) in [6.45, 7) is 2.85. The van der Waals surface area contributed by atoms with E-state index in [1.165, 1.54) is 6.21 Å². The molecular formula is C27H28N4O5. The summed E-state index contributed by atoms with van der Waals surface area (Å²) in [4.78, 5) is 35.9. The van der Waals surface area contributed by atoms with Crippen molar-refractivity contribution in [2.75, 3.05) is 25.1 Å². The Morgan fingerprint density at radius 3 is 2.19 bits per heavy atom. The number of hydrogen-bond donors (Lipinski definition) is 3. The molecule has 3 N–H and O–H groups in total. The van der Waals surface area contributed by atoms with Crippen molar-refractivity contribution in [3.8, 4) is 11.5 Å². The highest BCUT2D eigenvalue weighted by Gasteiger charge is 2.12. The standard InChI is InChI=1S/C27H28N4O5/c1-2-35-23-14-10-22(11-15-23)30-26(33)27(34)31-29-18-21-8-12-24(13-9-21)36-19-25(32)28-17-16-20-6-4-3-5-7-20/h3-15,18H,2,16-17,19H2,1H3,(H,28,32)(H,30,33)(H,31,34)/b29-18-. The number of ether oxygens (including phenoxy) is 2. The van der Waals surface area contributed by atoms with Gasteiger partial charge in [0.2, 0.25) is 0 Å². The third-order valence-electron chi connectivity index (χ3n) is 4.84. The molecule has 0 aliphatic rings. The lowest BCUT2D eigenvalue weighted by Gasteiger charge is -2.08. The molecule has 0 spiro atoms. The second-order valence-electron chi connectivity index (χ2n) is 7.55. The van der Waals surface area contributed by atoms with E-state index in [-0.39, 0.29) is 12.5 Å². The molecule has 9 heteroatoms. The van der Waals surface area contributed by atoms with E-state index in [0.29, 0.717) is 35.9 Å². The molecule has 0 atom stereocenters. The van der Waals surface area contributed by atoms with Gasteiger partial charge in [-0.2, -0.15) is 5.10 Å². The molecule has 0 bridgehead atoms. The molecular weight excluding hydrogens is 460 g/mol. The fourth-order valence-electron chi connectivity index (χ4n) is 3.05. The average molecular weight is 489 g/mol. The maximum Gasteiger partial charge on any atom is 0.329 e. The van der Waals surface area contributed by atoms with Crippen LogP contribution in [0.3, 0.4) is 0 Å². The zero-order chi connectivity index (χ0) is 25.6. The molecule has 0 heterocycles. The topological polar surface area (TPSA) is 118 Å². The van der Waals surface area contributed by atoms with Crippen LogP contribution in [0.2, 0.25) is 0 Å². The van der Waals surface area contributed by atoms with Gasteiger partial charge in [-0.1, -0.05) is 30.3 Å². The average Bonchev–Trinajstić information content (AvgIpc) is 2.90. The van der Waals surface area contributed by atoms with Crippen molar-refractivity contribution >= 4 is 29.6 Å². The number of rotatable bonds is 11. The second kappa shape index (κ2) is 13.9. The van der Waals surface area contributed by atoms with Gasteiger partial charge in [-0.3, -0.25) is 14.4 Å². The van der Waals surface area contributed by atoms with Crippen LogP contribution in [0.4, 0.5) is 5.69 Å². The minimum Gasteiger partial charge on any atom is -0.494 e. The van der Waals surface area contributed by atoms with Crippen LogP contribution in [-0.4, -0.2) is 43.7 Å². The number of anilines is 1. The molecule has 0 saturated carbocycles. The third-order valence-corrected chi connectivity index (χ3v) is 4.84. The van der Waals surface area contributed by atoms with Gasteiger partial charge < -0.3 is 20.1 Å². The molecule has 0 fully saturated rings. The largest absolute Gasteiger partial charge is 0.494 e. The number of carbonyl (C=O) groups excluding carboxylic acids is 3. The van der Waals surface area contributed by atoms with Gasteiger partial charge >= 0.3 is 11.8 Å². The maximum atomic E-state index is 12.0. The Bertz CT molecular complexity index is 1160. The first-order valence-electron chi connectivity index (χ1n) is 11.4. The summed E-state index contributed by atoms with van der Waals surface area (Å²) in [6.07, 6.45) is 2.14. The normalized spacial score (nSPS) is 10.5. The summed E-state index contributed by atoms with van der Waals surface area (Å²) in [7, 11) is 0. The summed E-state index contributed by atoms with van der Waals surface area (Å²) in [5, 5.41) is 9.10. The number of benzene rings is 3. The van der Waals surface area contributed by atoms with Crippen molar-refractivity contribution in [2.45, 2.75) is 13.3 Å². The molecule has 3 aromatic carbocycles. The monoisotopic (exact) mass is 488 g/mol. The Hall–Kier alpha value is -4.66. The Morgan fingerprint density at radius 1 is 0.833 bits per heavy atom. The molecule has 36 heavy (non-hydrogen) atoms. The number of nitrogens with zero attached hydrogens (tertiary/aromatic N) is 1. The minimum absolute atomic E-state index is 0.0955. The van der Waals surface area contributed by atoms with Crippen LogP contribution in [0.15, 0.2) is 84.0 Å². The molecule has 0 aromatic heterocycles. The SMILES string of the molecule is CCOc1ccc(NC(=O)C(=O)N/N=C\c2ccc(OCC(=O)NCCc3ccccc3)cc2)cc1. The summed E-state index contributed by atoms with van der Waals surface area (Å²) in [5.74, 6) is -0.768. The molecule has 0 unspecified atom stereocenters. The summed E-state index contributed by atoms with van der Waals surface area (Å²) in [6, 6.07) is 23.3. The van der Waals surface area contributed by atoms with E-state index in [1.54, 1.807) is 48.5 Å². The molecule has 3 amide bonds. The van der Waals surface area contributed by atoms with Crippen molar-refractivity contribution in [1.82, 2.24) is 10.7 Å². The molecule has 0 saturated heterocycles. The van der Waals surface area contributed by atoms with Crippen LogP contribution < -0.4 is 25.5 Å². The lowest BCUT2D eigenvalue weighted by molar-refractivity contribution is -0.136. The van der Waals surface area contributed by atoms with Gasteiger partial charge in [-0.15, -0.1) is 0 Å². The number of amides is 3. The maximum absolute atomic E-state index is 12.0. The van der Waals surface area contributed by atoms with Crippen molar-refractivity contribution < 1.29 is 23.9 Å². The Labute approximate surface area is 209 Å². The van der Waals surface area contributed by atoms with Crippen molar-refractivity contribution in [3.63, 3.8) is 0 Å². The Morgan fingerprint density at radius 2 is 1.50 bits per heavy atom. The van der Waals surface area contributed by atoms with Crippen LogP contribution in [-0.2, 0) is 20.8 Å². The smallest absolute Gasteiger partial charge is 0.329 e. The number of carbonyl (C=O) groups is 3. The van der Waals surface area contributed by atoms with Crippen LogP contribution in [0.25, 0.3) is 0 Å². The first kappa shape index (κ1) is 26.0. The molecule has 0 aliphatic heterocycles. The number of nitrogens with one attached hydrogen (secondary N) is 3. The van der Waals surface area contributed by atoms with Gasteiger partial charge in [0.15, 0.2) is 6.61 Å². The lowest BCUT2D eigenvalue weighted by atomic mass is 10.1. The zero-order valence-corrected chi connectivity index (χ0v) is 19.9. The highest BCUT2D eigenvalue weighted by molar-refractivity contribution is 6.39. The molecule has 3 aromatic rings. The van der Waals surface area contributed by atoms with E-state index in [4.69, 9.17) is 9.47 Å². The molecule has 186 valence electrons. The predicted molar refractivity (Wildman–Crippen MR) is 137 cm³/mol. The van der Waals surface area contributed by atoms with E-state index < -0.39 is 11.8 Å². The van der Waals surface area contributed by atoms with E-state index in [0.717, 1.165) is 12.0 Å². The van der Waals surface area contributed by atoms with E-state index in [1.807, 2.05) is 37.3 Å². The lowest BCUT2D eigenvalue weighted by Crippen LogP contribution is -2.32. The summed E-state index contributed by atoms with van der Waals surface area (Å²) >= 11 is 0. The summed E-state index contributed by atoms with van der Waals surface area (Å²) < 4.78 is 10.8. The second-order valence-corrected chi connectivity index (χ2v) is 7.55. The van der Waals surface area contributed by atoms with E-state index in [2.05, 4.69) is 21.2 Å². The van der Waals surface area contributed by atoms with Crippen LogP contribution >= 0.6 is 0 Å². The van der Waals surface area contributed by atoms with Crippen LogP contribution in [0.1, 0.15) is 18.1 Å². The quantitative estimate of drug-likeness (QED) is 0.218. The highest BCUT2D eigenvalue weighted by Crippen LogP contribution is 2.15. The third kappa shape index (κ3) is 8.94. The number of hydrogen-bond acceptors (Lipinski definition) is 6. The van der Waals surface area contributed by atoms with Gasteiger partial charge in [0.25, 0.3) is 5.91 Å². The summed E-state index contributed by atoms with van der Waals surface area (Å²) in [5.41, 5.74) is 4.46. The van der Waals surface area contributed by atoms with Gasteiger partial charge in [0.05, 0.1) is 12.8 Å². The van der Waals surface area contributed by atoms with Gasteiger partial charge in [0, 0.05) is 12.2 Å². The van der Waals surface area contributed by atoms with Crippen LogP contribution in [0.5, 0.6) is 11.5 Å². The first-order valence-corrected chi connectivity index (χ1v) is 11.4. The van der Waals surface area contributed by atoms with Crippen LogP contribution in [0, 0.1) is 0 Å². The molecule has 0 aliphatic carbocycles. The first-order chi connectivity index (χ1) is 17.5. The Kier molecular flexibility index (Phi) is 10.0. The highest BCUT2D eigenvalue weighted by atomic mass is 16.5. The molecule has 0 radical (unpaired) electrons.